The quantitative estimate of drug-likeness (QED) is 0.566. The van der Waals surface area contributed by atoms with Gasteiger partial charge in [0.1, 0.15) is 5.75 Å². The van der Waals surface area contributed by atoms with E-state index in [9.17, 15) is 9.90 Å². The first-order valence-corrected chi connectivity index (χ1v) is 10.8. The van der Waals surface area contributed by atoms with E-state index < -0.39 is 12.0 Å². The number of aryl methyl sites for hydroxylation is 4. The molecule has 4 rings (SSSR count). The van der Waals surface area contributed by atoms with Crippen LogP contribution in [0.3, 0.4) is 0 Å². The number of ether oxygens (including phenoxy) is 1. The van der Waals surface area contributed by atoms with Crippen molar-refractivity contribution in [2.24, 2.45) is 0 Å². The Morgan fingerprint density at radius 3 is 2.84 bits per heavy atom. The van der Waals surface area contributed by atoms with Crippen molar-refractivity contribution in [3.05, 3.63) is 71.1 Å². The van der Waals surface area contributed by atoms with Gasteiger partial charge in [0.2, 0.25) is 0 Å². The van der Waals surface area contributed by atoms with E-state index in [-0.39, 0.29) is 6.42 Å². The Kier molecular flexibility index (Phi) is 6.60. The molecule has 1 unspecified atom stereocenters. The molecule has 0 bridgehead atoms. The molecule has 0 saturated carbocycles. The number of hydrogen-bond acceptors (Lipinski definition) is 5. The van der Waals surface area contributed by atoms with Gasteiger partial charge in [-0.2, -0.15) is 5.10 Å². The lowest BCUT2D eigenvalue weighted by molar-refractivity contribution is -0.137. The molecule has 0 amide bonds. The van der Waals surface area contributed by atoms with Gasteiger partial charge in [0, 0.05) is 23.8 Å². The average Bonchev–Trinajstić information content (AvgIpc) is 3.26. The van der Waals surface area contributed by atoms with Crippen LogP contribution in [0.5, 0.6) is 5.75 Å². The van der Waals surface area contributed by atoms with Crippen LogP contribution < -0.4 is 4.74 Å². The standard InChI is InChI=1S/C24H28N4O3/c1-31-21-13-18(15-25-16-21)23(14-24(29)30)28-12-11-20(27-28)7-4-6-19-10-9-17-5-2-3-8-22(17)26-19/h9-13,15-16,23H,2-8,14H2,1H3,(H,29,30). The highest BCUT2D eigenvalue weighted by atomic mass is 16.5. The van der Waals surface area contributed by atoms with Crippen LogP contribution in [0.1, 0.15) is 59.9 Å². The molecule has 1 aliphatic carbocycles. The van der Waals surface area contributed by atoms with Crippen LogP contribution in [0.15, 0.2) is 42.9 Å². The van der Waals surface area contributed by atoms with Crippen LogP contribution in [-0.2, 0) is 30.5 Å². The molecule has 162 valence electrons. The van der Waals surface area contributed by atoms with Crippen molar-refractivity contribution in [3.63, 3.8) is 0 Å². The Morgan fingerprint density at radius 1 is 1.16 bits per heavy atom. The maximum atomic E-state index is 11.4. The van der Waals surface area contributed by atoms with Crippen molar-refractivity contribution in [1.29, 1.82) is 0 Å². The van der Waals surface area contributed by atoms with Crippen molar-refractivity contribution in [3.8, 4) is 5.75 Å². The maximum absolute atomic E-state index is 11.4. The van der Waals surface area contributed by atoms with Crippen LogP contribution in [0, 0.1) is 0 Å². The van der Waals surface area contributed by atoms with E-state index in [1.54, 1.807) is 24.2 Å². The summed E-state index contributed by atoms with van der Waals surface area (Å²) in [5.74, 6) is -0.291. The second-order valence-electron chi connectivity index (χ2n) is 8.03. The zero-order valence-corrected chi connectivity index (χ0v) is 17.8. The third-order valence-corrected chi connectivity index (χ3v) is 5.81. The average molecular weight is 421 g/mol. The number of carboxylic acid groups (broad SMARTS) is 1. The number of aliphatic carboxylic acids is 1. The Hall–Kier alpha value is -3.22. The van der Waals surface area contributed by atoms with Crippen molar-refractivity contribution in [1.82, 2.24) is 19.7 Å². The summed E-state index contributed by atoms with van der Waals surface area (Å²) in [6.07, 6.45) is 12.5. The second-order valence-corrected chi connectivity index (χ2v) is 8.03. The number of fused-ring (bicyclic) bond motifs is 1. The molecular weight excluding hydrogens is 392 g/mol. The molecule has 0 fully saturated rings. The molecule has 0 aromatic carbocycles. The summed E-state index contributed by atoms with van der Waals surface area (Å²) in [6, 6.07) is 7.73. The molecular formula is C24H28N4O3. The molecule has 1 N–H and O–H groups in total. The predicted octanol–water partition coefficient (Wildman–Crippen LogP) is 3.80. The predicted molar refractivity (Wildman–Crippen MR) is 116 cm³/mol. The van der Waals surface area contributed by atoms with Crippen LogP contribution in [-0.4, -0.2) is 37.9 Å². The van der Waals surface area contributed by atoms with Crippen LogP contribution >= 0.6 is 0 Å². The molecule has 3 heterocycles. The number of rotatable bonds is 9. The molecule has 0 aliphatic heterocycles. The van der Waals surface area contributed by atoms with Crippen LogP contribution in [0.25, 0.3) is 0 Å². The Bertz CT molecular complexity index is 1050. The van der Waals surface area contributed by atoms with Gasteiger partial charge in [0.15, 0.2) is 0 Å². The first kappa shape index (κ1) is 21.0. The number of methoxy groups -OCH3 is 1. The molecule has 7 heteroatoms. The molecule has 31 heavy (non-hydrogen) atoms. The molecule has 0 spiro atoms. The van der Waals surface area contributed by atoms with Gasteiger partial charge in [-0.3, -0.25) is 19.4 Å². The lowest BCUT2D eigenvalue weighted by Gasteiger charge is -2.16. The molecule has 7 nitrogen and oxygen atoms in total. The van der Waals surface area contributed by atoms with Gasteiger partial charge in [-0.1, -0.05) is 6.07 Å². The van der Waals surface area contributed by atoms with E-state index in [4.69, 9.17) is 9.72 Å². The maximum Gasteiger partial charge on any atom is 0.305 e. The Labute approximate surface area is 182 Å². The molecule has 0 radical (unpaired) electrons. The smallest absolute Gasteiger partial charge is 0.305 e. The molecule has 1 aliphatic rings. The van der Waals surface area contributed by atoms with Gasteiger partial charge >= 0.3 is 5.97 Å². The summed E-state index contributed by atoms with van der Waals surface area (Å²) in [5, 5.41) is 14.1. The first-order valence-electron chi connectivity index (χ1n) is 10.8. The SMILES string of the molecule is COc1cncc(C(CC(=O)O)n2ccc(CCCc3ccc4c(n3)CCCC4)n2)c1. The second kappa shape index (κ2) is 9.73. The van der Waals surface area contributed by atoms with Crippen LogP contribution in [0.4, 0.5) is 0 Å². The summed E-state index contributed by atoms with van der Waals surface area (Å²) < 4.78 is 6.95. The van der Waals surface area contributed by atoms with E-state index in [1.165, 1.54) is 24.1 Å². The third kappa shape index (κ3) is 5.29. The third-order valence-electron chi connectivity index (χ3n) is 5.81. The van der Waals surface area contributed by atoms with Gasteiger partial charge in [-0.15, -0.1) is 0 Å². The fraction of sp³-hybridized carbons (Fsp3) is 0.417. The topological polar surface area (TPSA) is 90.1 Å². The van der Waals surface area contributed by atoms with Gasteiger partial charge < -0.3 is 9.84 Å². The molecule has 3 aromatic heterocycles. The Balaban J connectivity index is 1.41. The normalized spacial score (nSPS) is 14.1. The highest BCUT2D eigenvalue weighted by molar-refractivity contribution is 5.68. The van der Waals surface area contributed by atoms with Crippen molar-refractivity contribution in [2.75, 3.05) is 7.11 Å². The summed E-state index contributed by atoms with van der Waals surface area (Å²) in [5.41, 5.74) is 5.53. The van der Waals surface area contributed by atoms with Gasteiger partial charge in [0.25, 0.3) is 0 Å². The fourth-order valence-corrected chi connectivity index (χ4v) is 4.16. The zero-order valence-electron chi connectivity index (χ0n) is 17.8. The molecule has 3 aromatic rings. The van der Waals surface area contributed by atoms with E-state index in [1.807, 2.05) is 18.3 Å². The first-order chi connectivity index (χ1) is 15.1. The minimum atomic E-state index is -0.886. The van der Waals surface area contributed by atoms with E-state index >= 15 is 0 Å². The Morgan fingerprint density at radius 2 is 2.00 bits per heavy atom. The number of nitrogens with zero attached hydrogens (tertiary/aromatic N) is 4. The number of carboxylic acids is 1. The lowest BCUT2D eigenvalue weighted by atomic mass is 9.95. The number of hydrogen-bond donors (Lipinski definition) is 1. The summed E-state index contributed by atoms with van der Waals surface area (Å²) in [4.78, 5) is 20.5. The summed E-state index contributed by atoms with van der Waals surface area (Å²) in [7, 11) is 1.57. The van der Waals surface area contributed by atoms with E-state index in [0.29, 0.717) is 5.75 Å². The van der Waals surface area contributed by atoms with Crippen LogP contribution in [0.2, 0.25) is 0 Å². The molecule has 0 saturated heterocycles. The van der Waals surface area contributed by atoms with Crippen molar-refractivity contribution < 1.29 is 14.6 Å². The van der Waals surface area contributed by atoms with Gasteiger partial charge in [-0.05, 0) is 74.3 Å². The zero-order chi connectivity index (χ0) is 21.6. The fourth-order valence-electron chi connectivity index (χ4n) is 4.16. The largest absolute Gasteiger partial charge is 0.495 e. The molecule has 1 atom stereocenters. The van der Waals surface area contributed by atoms with Gasteiger partial charge in [0.05, 0.1) is 31.5 Å². The minimum absolute atomic E-state index is 0.0744. The highest BCUT2D eigenvalue weighted by Crippen LogP contribution is 2.25. The lowest BCUT2D eigenvalue weighted by Crippen LogP contribution is -2.16. The number of carbonyl (C=O) groups is 1. The highest BCUT2D eigenvalue weighted by Gasteiger charge is 2.20. The number of aromatic nitrogens is 4. The summed E-state index contributed by atoms with van der Waals surface area (Å²) in [6.45, 7) is 0. The summed E-state index contributed by atoms with van der Waals surface area (Å²) >= 11 is 0. The van der Waals surface area contributed by atoms with Crippen molar-refractivity contribution >= 4 is 5.97 Å². The van der Waals surface area contributed by atoms with Gasteiger partial charge in [-0.25, -0.2) is 0 Å². The van der Waals surface area contributed by atoms with E-state index in [2.05, 4.69) is 22.2 Å². The van der Waals surface area contributed by atoms with E-state index in [0.717, 1.165) is 49.1 Å². The van der Waals surface area contributed by atoms with Crippen molar-refractivity contribution in [2.45, 2.75) is 57.4 Å². The minimum Gasteiger partial charge on any atom is -0.495 e. The number of pyridine rings is 2. The monoisotopic (exact) mass is 420 g/mol.